The molecule has 4 nitrogen and oxygen atoms in total. The standard InChI is InChI=1S/C15H17NO3/c16-14-8-4-5-9-15(14)19-11-12(17)10-18-13-6-2-1-3-7-13/h1-9,12,17H,10-11,16H2. The molecule has 19 heavy (non-hydrogen) atoms. The lowest BCUT2D eigenvalue weighted by Crippen LogP contribution is -2.25. The second-order valence-corrected chi connectivity index (χ2v) is 4.13. The third-order valence-corrected chi connectivity index (χ3v) is 2.54. The first-order valence-corrected chi connectivity index (χ1v) is 6.09. The smallest absolute Gasteiger partial charge is 0.142 e. The highest BCUT2D eigenvalue weighted by Gasteiger charge is 2.07. The first kappa shape index (κ1) is 13.2. The fourth-order valence-electron chi connectivity index (χ4n) is 1.56. The third-order valence-electron chi connectivity index (χ3n) is 2.54. The van der Waals surface area contributed by atoms with Crippen molar-refractivity contribution < 1.29 is 14.6 Å². The number of rotatable bonds is 6. The summed E-state index contributed by atoms with van der Waals surface area (Å²) in [6.45, 7) is 0.317. The number of nitrogen functional groups attached to an aromatic ring is 1. The average Bonchev–Trinajstić information content (AvgIpc) is 2.45. The van der Waals surface area contributed by atoms with E-state index in [1.54, 1.807) is 12.1 Å². The molecule has 0 saturated heterocycles. The Balaban J connectivity index is 1.76. The lowest BCUT2D eigenvalue weighted by Gasteiger charge is -2.14. The van der Waals surface area contributed by atoms with Crippen LogP contribution < -0.4 is 15.2 Å². The van der Waals surface area contributed by atoms with Gasteiger partial charge in [0.1, 0.15) is 30.8 Å². The molecular formula is C15H17NO3. The van der Waals surface area contributed by atoms with Gasteiger partial charge in [0.25, 0.3) is 0 Å². The van der Waals surface area contributed by atoms with Crippen molar-refractivity contribution in [2.24, 2.45) is 0 Å². The Morgan fingerprint density at radius 1 is 0.895 bits per heavy atom. The van der Waals surface area contributed by atoms with Crippen molar-refractivity contribution in [1.29, 1.82) is 0 Å². The summed E-state index contributed by atoms with van der Waals surface area (Å²) in [5.74, 6) is 1.29. The van der Waals surface area contributed by atoms with Crippen LogP contribution in [0.1, 0.15) is 0 Å². The highest BCUT2D eigenvalue weighted by Crippen LogP contribution is 2.19. The molecule has 0 amide bonds. The van der Waals surface area contributed by atoms with E-state index in [4.69, 9.17) is 15.2 Å². The molecule has 3 N–H and O–H groups in total. The lowest BCUT2D eigenvalue weighted by atomic mass is 10.3. The summed E-state index contributed by atoms with van der Waals surface area (Å²) in [5.41, 5.74) is 6.29. The van der Waals surface area contributed by atoms with Crippen LogP contribution in [0.25, 0.3) is 0 Å². The maximum atomic E-state index is 9.77. The van der Waals surface area contributed by atoms with Crippen LogP contribution in [-0.4, -0.2) is 24.4 Å². The number of para-hydroxylation sites is 3. The van der Waals surface area contributed by atoms with E-state index in [1.807, 2.05) is 42.5 Å². The van der Waals surface area contributed by atoms with Crippen molar-refractivity contribution in [2.75, 3.05) is 18.9 Å². The zero-order valence-electron chi connectivity index (χ0n) is 10.5. The first-order chi connectivity index (χ1) is 9.25. The quantitative estimate of drug-likeness (QED) is 0.780. The number of benzene rings is 2. The van der Waals surface area contributed by atoms with Gasteiger partial charge in [-0.1, -0.05) is 30.3 Å². The normalized spacial score (nSPS) is 11.8. The number of aliphatic hydroxyl groups excluding tert-OH is 1. The minimum absolute atomic E-state index is 0.140. The molecule has 1 atom stereocenters. The van der Waals surface area contributed by atoms with Gasteiger partial charge in [-0.25, -0.2) is 0 Å². The van der Waals surface area contributed by atoms with E-state index >= 15 is 0 Å². The van der Waals surface area contributed by atoms with Crippen molar-refractivity contribution in [1.82, 2.24) is 0 Å². The molecule has 0 spiro atoms. The molecule has 2 rings (SSSR count). The number of anilines is 1. The maximum Gasteiger partial charge on any atom is 0.142 e. The highest BCUT2D eigenvalue weighted by molar-refractivity contribution is 5.51. The Hall–Kier alpha value is -2.20. The maximum absolute atomic E-state index is 9.77. The monoisotopic (exact) mass is 259 g/mol. The topological polar surface area (TPSA) is 64.7 Å². The van der Waals surface area contributed by atoms with E-state index in [2.05, 4.69) is 0 Å². The fraction of sp³-hybridized carbons (Fsp3) is 0.200. The highest BCUT2D eigenvalue weighted by atomic mass is 16.5. The number of aliphatic hydroxyl groups is 1. The molecular weight excluding hydrogens is 242 g/mol. The molecule has 0 fully saturated rings. The molecule has 4 heteroatoms. The molecule has 0 saturated carbocycles. The number of hydrogen-bond donors (Lipinski definition) is 2. The predicted molar refractivity (Wildman–Crippen MR) is 74.3 cm³/mol. The van der Waals surface area contributed by atoms with Crippen LogP contribution in [0.2, 0.25) is 0 Å². The van der Waals surface area contributed by atoms with Crippen LogP contribution in [0.4, 0.5) is 5.69 Å². The Labute approximate surface area is 112 Å². The van der Waals surface area contributed by atoms with Crippen LogP contribution in [0.15, 0.2) is 54.6 Å². The van der Waals surface area contributed by atoms with Crippen molar-refractivity contribution >= 4 is 5.69 Å². The van der Waals surface area contributed by atoms with Gasteiger partial charge in [0, 0.05) is 0 Å². The summed E-state index contributed by atoms with van der Waals surface area (Å²) in [5, 5.41) is 9.77. The van der Waals surface area contributed by atoms with E-state index in [1.165, 1.54) is 0 Å². The van der Waals surface area contributed by atoms with Crippen molar-refractivity contribution in [3.63, 3.8) is 0 Å². The Kier molecular flexibility index (Phi) is 4.64. The van der Waals surface area contributed by atoms with E-state index in [0.29, 0.717) is 11.4 Å². The van der Waals surface area contributed by atoms with Gasteiger partial charge in [-0.2, -0.15) is 0 Å². The van der Waals surface area contributed by atoms with Gasteiger partial charge < -0.3 is 20.3 Å². The number of nitrogens with two attached hydrogens (primary N) is 1. The molecule has 100 valence electrons. The van der Waals surface area contributed by atoms with E-state index < -0.39 is 6.10 Å². The largest absolute Gasteiger partial charge is 0.491 e. The molecule has 2 aromatic carbocycles. The van der Waals surface area contributed by atoms with Crippen LogP contribution in [-0.2, 0) is 0 Å². The van der Waals surface area contributed by atoms with Gasteiger partial charge in [-0.15, -0.1) is 0 Å². The molecule has 0 aliphatic rings. The summed E-state index contributed by atoms with van der Waals surface area (Å²) >= 11 is 0. The lowest BCUT2D eigenvalue weighted by molar-refractivity contribution is 0.0629. The van der Waals surface area contributed by atoms with Crippen molar-refractivity contribution in [3.8, 4) is 11.5 Å². The summed E-state index contributed by atoms with van der Waals surface area (Å²) < 4.78 is 10.9. The third kappa shape index (κ3) is 4.19. The van der Waals surface area contributed by atoms with E-state index in [-0.39, 0.29) is 13.2 Å². The summed E-state index contributed by atoms with van der Waals surface area (Å²) in [4.78, 5) is 0. The van der Waals surface area contributed by atoms with Crippen LogP contribution in [0.5, 0.6) is 11.5 Å². The molecule has 0 bridgehead atoms. The van der Waals surface area contributed by atoms with Crippen LogP contribution in [0, 0.1) is 0 Å². The van der Waals surface area contributed by atoms with Gasteiger partial charge in [0.15, 0.2) is 0 Å². The summed E-state index contributed by atoms with van der Waals surface area (Å²) in [7, 11) is 0. The van der Waals surface area contributed by atoms with Crippen LogP contribution >= 0.6 is 0 Å². The number of hydrogen-bond acceptors (Lipinski definition) is 4. The van der Waals surface area contributed by atoms with Gasteiger partial charge in [-0.3, -0.25) is 0 Å². The van der Waals surface area contributed by atoms with Gasteiger partial charge in [0.2, 0.25) is 0 Å². The zero-order chi connectivity index (χ0) is 13.5. The molecule has 0 heterocycles. The first-order valence-electron chi connectivity index (χ1n) is 6.09. The minimum Gasteiger partial charge on any atom is -0.491 e. The Bertz CT molecular complexity index is 502. The fourth-order valence-corrected chi connectivity index (χ4v) is 1.56. The molecule has 2 aromatic rings. The summed E-state index contributed by atoms with van der Waals surface area (Å²) in [6, 6.07) is 16.5. The van der Waals surface area contributed by atoms with Crippen molar-refractivity contribution in [2.45, 2.75) is 6.10 Å². The molecule has 0 aliphatic carbocycles. The predicted octanol–water partition coefficient (Wildman–Crippen LogP) is 2.09. The zero-order valence-corrected chi connectivity index (χ0v) is 10.5. The molecule has 0 aliphatic heterocycles. The Morgan fingerprint density at radius 3 is 2.26 bits per heavy atom. The Morgan fingerprint density at radius 2 is 1.53 bits per heavy atom. The van der Waals surface area contributed by atoms with Gasteiger partial charge in [0.05, 0.1) is 5.69 Å². The van der Waals surface area contributed by atoms with Gasteiger partial charge in [-0.05, 0) is 24.3 Å². The van der Waals surface area contributed by atoms with Gasteiger partial charge >= 0.3 is 0 Å². The van der Waals surface area contributed by atoms with Crippen molar-refractivity contribution in [3.05, 3.63) is 54.6 Å². The second-order valence-electron chi connectivity index (χ2n) is 4.13. The molecule has 1 unspecified atom stereocenters. The SMILES string of the molecule is Nc1ccccc1OCC(O)COc1ccccc1. The molecule has 0 radical (unpaired) electrons. The number of ether oxygens (including phenoxy) is 2. The second kappa shape index (κ2) is 6.66. The molecule has 0 aromatic heterocycles. The van der Waals surface area contributed by atoms with E-state index in [0.717, 1.165) is 5.75 Å². The van der Waals surface area contributed by atoms with E-state index in [9.17, 15) is 5.11 Å². The minimum atomic E-state index is -0.709. The summed E-state index contributed by atoms with van der Waals surface area (Å²) in [6.07, 6.45) is -0.709. The van der Waals surface area contributed by atoms with Crippen LogP contribution in [0.3, 0.4) is 0 Å². The average molecular weight is 259 g/mol.